The van der Waals surface area contributed by atoms with Gasteiger partial charge in [0.15, 0.2) is 11.2 Å². The largest absolute Gasteiger partial charge is 0.329 e. The highest BCUT2D eigenvalue weighted by atomic mass is 79.9. The Hall–Kier alpha value is -2.47. The molecule has 1 N–H and O–H groups in total. The minimum absolute atomic E-state index is 0. The van der Waals surface area contributed by atoms with Crippen molar-refractivity contribution in [1.29, 1.82) is 0 Å². The predicted molar refractivity (Wildman–Crippen MR) is 91.5 cm³/mol. The summed E-state index contributed by atoms with van der Waals surface area (Å²) in [6, 6.07) is 14.4. The Morgan fingerprint density at radius 1 is 1.05 bits per heavy atom. The average molecular weight is 357 g/mol. The van der Waals surface area contributed by atoms with Crippen LogP contribution in [0, 0.1) is 0 Å². The molecule has 110 valence electrons. The number of nitrogens with zero attached hydrogens (tertiary/aromatic N) is 3. The highest BCUT2D eigenvalue weighted by molar-refractivity contribution is 8.93. The van der Waals surface area contributed by atoms with Crippen LogP contribution in [0.2, 0.25) is 0 Å². The quantitative estimate of drug-likeness (QED) is 0.600. The zero-order valence-corrected chi connectivity index (χ0v) is 13.3. The Bertz CT molecular complexity index is 1010. The van der Waals surface area contributed by atoms with Crippen LogP contribution in [-0.4, -0.2) is 19.5 Å². The minimum Gasteiger partial charge on any atom is -0.329 e. The Morgan fingerprint density at radius 2 is 1.86 bits per heavy atom. The molecule has 2 aromatic heterocycles. The molecule has 0 amide bonds. The second-order valence-electron chi connectivity index (χ2n) is 4.96. The summed E-state index contributed by atoms with van der Waals surface area (Å²) in [5.41, 5.74) is 1.83. The van der Waals surface area contributed by atoms with E-state index in [1.807, 2.05) is 18.2 Å². The number of H-pyrrole nitrogens is 1. The monoisotopic (exact) mass is 356 g/mol. The van der Waals surface area contributed by atoms with E-state index in [4.69, 9.17) is 0 Å². The Morgan fingerprint density at radius 3 is 2.73 bits per heavy atom. The highest BCUT2D eigenvalue weighted by Crippen LogP contribution is 2.16. The zero-order chi connectivity index (χ0) is 14.2. The van der Waals surface area contributed by atoms with Crippen LogP contribution in [0.15, 0.2) is 59.9 Å². The van der Waals surface area contributed by atoms with Crippen molar-refractivity contribution in [2.75, 3.05) is 0 Å². The van der Waals surface area contributed by atoms with Gasteiger partial charge in [0.1, 0.15) is 6.33 Å². The van der Waals surface area contributed by atoms with Gasteiger partial charge in [-0.1, -0.05) is 36.4 Å². The van der Waals surface area contributed by atoms with E-state index in [9.17, 15) is 4.79 Å². The van der Waals surface area contributed by atoms with Crippen LogP contribution in [0.25, 0.3) is 21.9 Å². The van der Waals surface area contributed by atoms with Gasteiger partial charge in [0.05, 0.1) is 12.9 Å². The molecule has 0 spiro atoms. The maximum Gasteiger partial charge on any atom is 0.281 e. The van der Waals surface area contributed by atoms with E-state index in [-0.39, 0.29) is 22.5 Å². The third-order valence-electron chi connectivity index (χ3n) is 3.58. The highest BCUT2D eigenvalue weighted by Gasteiger charge is 2.06. The fourth-order valence-electron chi connectivity index (χ4n) is 2.50. The number of hydrogen-bond donors (Lipinski definition) is 1. The van der Waals surface area contributed by atoms with Crippen molar-refractivity contribution >= 4 is 38.9 Å². The van der Waals surface area contributed by atoms with Crippen LogP contribution in [0.3, 0.4) is 0 Å². The molecule has 0 radical (unpaired) electrons. The summed E-state index contributed by atoms with van der Waals surface area (Å²) in [5.74, 6) is 0. The maximum absolute atomic E-state index is 12.3. The van der Waals surface area contributed by atoms with Crippen LogP contribution in [-0.2, 0) is 6.54 Å². The van der Waals surface area contributed by atoms with Gasteiger partial charge in [-0.05, 0) is 22.4 Å². The lowest BCUT2D eigenvalue weighted by atomic mass is 10.1. The summed E-state index contributed by atoms with van der Waals surface area (Å²) in [4.78, 5) is 23.4. The van der Waals surface area contributed by atoms with E-state index in [1.165, 1.54) is 11.7 Å². The molecule has 22 heavy (non-hydrogen) atoms. The van der Waals surface area contributed by atoms with Gasteiger partial charge in [-0.3, -0.25) is 9.36 Å². The first-order valence-corrected chi connectivity index (χ1v) is 6.67. The fraction of sp³-hybridized carbons (Fsp3) is 0.0625. The summed E-state index contributed by atoms with van der Waals surface area (Å²) < 4.78 is 1.58. The number of rotatable bonds is 2. The third-order valence-corrected chi connectivity index (χ3v) is 3.58. The van der Waals surface area contributed by atoms with Gasteiger partial charge in [-0.2, -0.15) is 0 Å². The lowest BCUT2D eigenvalue weighted by molar-refractivity contribution is 0.747. The standard InChI is InChI=1S/C16H12N4O.BrH/c21-16-14-15(18-9-17-14)19-10-20(16)8-11-5-6-12-3-1-2-4-13(12)7-11;/h1-7,9-10H,8H2,(H,17,18);1H. The summed E-state index contributed by atoms with van der Waals surface area (Å²) >= 11 is 0. The molecule has 0 aliphatic carbocycles. The number of halogens is 1. The fourth-order valence-corrected chi connectivity index (χ4v) is 2.50. The molecular formula is C16H13BrN4O. The van der Waals surface area contributed by atoms with E-state index in [0.29, 0.717) is 17.7 Å². The first kappa shape index (κ1) is 14.5. The Balaban J connectivity index is 0.00000144. The van der Waals surface area contributed by atoms with E-state index >= 15 is 0 Å². The lowest BCUT2D eigenvalue weighted by Gasteiger charge is -2.06. The molecule has 0 aliphatic rings. The summed E-state index contributed by atoms with van der Waals surface area (Å²) in [6.45, 7) is 0.486. The molecule has 0 unspecified atom stereocenters. The first-order chi connectivity index (χ1) is 10.3. The number of imidazole rings is 1. The normalized spacial score (nSPS) is 10.7. The van der Waals surface area contributed by atoms with Crippen molar-refractivity contribution in [3.05, 3.63) is 71.0 Å². The Kier molecular flexibility index (Phi) is 3.77. The van der Waals surface area contributed by atoms with E-state index in [1.54, 1.807) is 10.9 Å². The summed E-state index contributed by atoms with van der Waals surface area (Å²) in [6.07, 6.45) is 3.04. The number of nitrogens with one attached hydrogen (secondary N) is 1. The van der Waals surface area contributed by atoms with Crippen LogP contribution in [0.4, 0.5) is 0 Å². The third kappa shape index (κ3) is 2.42. The smallest absolute Gasteiger partial charge is 0.281 e. The molecule has 0 fully saturated rings. The molecule has 0 saturated heterocycles. The molecule has 0 atom stereocenters. The maximum atomic E-state index is 12.3. The molecular weight excluding hydrogens is 344 g/mol. The van der Waals surface area contributed by atoms with Gasteiger partial charge in [-0.15, -0.1) is 17.0 Å². The molecule has 6 heteroatoms. The molecule has 4 rings (SSSR count). The van der Waals surface area contributed by atoms with Crippen LogP contribution in [0.5, 0.6) is 0 Å². The summed E-state index contributed by atoms with van der Waals surface area (Å²) in [5, 5.41) is 2.35. The van der Waals surface area contributed by atoms with Crippen LogP contribution < -0.4 is 5.56 Å². The average Bonchev–Trinajstić information content (AvgIpc) is 2.99. The van der Waals surface area contributed by atoms with Gasteiger partial charge in [0.25, 0.3) is 5.56 Å². The van der Waals surface area contributed by atoms with Crippen molar-refractivity contribution in [1.82, 2.24) is 19.5 Å². The zero-order valence-electron chi connectivity index (χ0n) is 11.6. The van der Waals surface area contributed by atoms with Crippen molar-refractivity contribution in [2.24, 2.45) is 0 Å². The number of hydrogen-bond acceptors (Lipinski definition) is 3. The van der Waals surface area contributed by atoms with Gasteiger partial charge in [0, 0.05) is 0 Å². The SMILES string of the molecule is Br.O=c1c2nc[nH]c2ncn1Cc1ccc2ccccc2c1. The predicted octanol–water partition coefficient (Wildman–Crippen LogP) is 2.90. The van der Waals surface area contributed by atoms with Crippen molar-refractivity contribution in [3.63, 3.8) is 0 Å². The minimum atomic E-state index is -0.130. The molecule has 0 saturated carbocycles. The van der Waals surface area contributed by atoms with Crippen LogP contribution in [0.1, 0.15) is 5.56 Å². The van der Waals surface area contributed by atoms with E-state index in [2.05, 4.69) is 39.2 Å². The lowest BCUT2D eigenvalue weighted by Crippen LogP contribution is -2.21. The molecule has 0 bridgehead atoms. The van der Waals surface area contributed by atoms with Crippen molar-refractivity contribution in [2.45, 2.75) is 6.54 Å². The van der Waals surface area contributed by atoms with Crippen molar-refractivity contribution in [3.8, 4) is 0 Å². The second-order valence-corrected chi connectivity index (χ2v) is 4.96. The molecule has 2 aromatic carbocycles. The van der Waals surface area contributed by atoms with Crippen molar-refractivity contribution < 1.29 is 0 Å². The molecule has 2 heterocycles. The first-order valence-electron chi connectivity index (χ1n) is 6.67. The molecule has 0 aliphatic heterocycles. The van der Waals surface area contributed by atoms with Gasteiger partial charge >= 0.3 is 0 Å². The van der Waals surface area contributed by atoms with Gasteiger partial charge in [0.2, 0.25) is 0 Å². The van der Waals surface area contributed by atoms with Gasteiger partial charge in [-0.25, -0.2) is 9.97 Å². The second kappa shape index (κ2) is 5.73. The number of fused-ring (bicyclic) bond motifs is 2. The molecule has 4 aromatic rings. The Labute approximate surface area is 136 Å². The van der Waals surface area contributed by atoms with E-state index in [0.717, 1.165) is 10.9 Å². The number of aromatic amines is 1. The van der Waals surface area contributed by atoms with E-state index < -0.39 is 0 Å². The van der Waals surface area contributed by atoms with Crippen LogP contribution >= 0.6 is 17.0 Å². The number of benzene rings is 2. The van der Waals surface area contributed by atoms with Gasteiger partial charge < -0.3 is 4.98 Å². The summed E-state index contributed by atoms with van der Waals surface area (Å²) in [7, 11) is 0. The number of aromatic nitrogens is 4. The molecule has 5 nitrogen and oxygen atoms in total. The topological polar surface area (TPSA) is 63.6 Å².